The van der Waals surface area contributed by atoms with E-state index in [0.717, 1.165) is 44.7 Å². The van der Waals surface area contributed by atoms with Gasteiger partial charge < -0.3 is 20.5 Å². The lowest BCUT2D eigenvalue weighted by Gasteiger charge is -2.15. The number of rotatable bonds is 5. The first-order valence-electron chi connectivity index (χ1n) is 6.85. The standard InChI is InChI=1S/C13H20N4O2/c1-18-13-10(14)12(15-7-9-3-2-6-19-9)16-11(17-13)8-4-5-8/h8-9H,2-7,14H2,1H3,(H,15,16,17). The molecule has 1 unspecified atom stereocenters. The highest BCUT2D eigenvalue weighted by Crippen LogP contribution is 2.40. The Labute approximate surface area is 112 Å². The molecule has 1 aliphatic heterocycles. The van der Waals surface area contributed by atoms with Gasteiger partial charge in [0.25, 0.3) is 0 Å². The molecule has 2 heterocycles. The van der Waals surface area contributed by atoms with Crippen LogP contribution in [0.5, 0.6) is 5.88 Å². The summed E-state index contributed by atoms with van der Waals surface area (Å²) in [5, 5.41) is 3.27. The van der Waals surface area contributed by atoms with E-state index in [1.807, 2.05) is 0 Å². The molecule has 6 nitrogen and oxygen atoms in total. The van der Waals surface area contributed by atoms with Gasteiger partial charge in [0.1, 0.15) is 11.5 Å². The van der Waals surface area contributed by atoms with Gasteiger partial charge in [0.2, 0.25) is 5.88 Å². The zero-order valence-electron chi connectivity index (χ0n) is 11.2. The van der Waals surface area contributed by atoms with Crippen molar-refractivity contribution in [2.75, 3.05) is 31.3 Å². The second-order valence-corrected chi connectivity index (χ2v) is 5.14. The molecular weight excluding hydrogens is 244 g/mol. The van der Waals surface area contributed by atoms with Crippen molar-refractivity contribution in [1.29, 1.82) is 0 Å². The molecule has 1 saturated heterocycles. The van der Waals surface area contributed by atoms with Crippen molar-refractivity contribution in [2.24, 2.45) is 0 Å². The number of nitrogens with one attached hydrogen (secondary N) is 1. The minimum Gasteiger partial charge on any atom is -0.479 e. The fourth-order valence-electron chi connectivity index (χ4n) is 2.30. The summed E-state index contributed by atoms with van der Waals surface area (Å²) in [4.78, 5) is 8.88. The van der Waals surface area contributed by atoms with Gasteiger partial charge in [-0.25, -0.2) is 4.98 Å². The van der Waals surface area contributed by atoms with Crippen LogP contribution in [-0.4, -0.2) is 36.3 Å². The Bertz CT molecular complexity index is 456. The number of methoxy groups -OCH3 is 1. The van der Waals surface area contributed by atoms with Crippen LogP contribution in [0.2, 0.25) is 0 Å². The monoisotopic (exact) mass is 264 g/mol. The van der Waals surface area contributed by atoms with E-state index < -0.39 is 0 Å². The molecule has 104 valence electrons. The van der Waals surface area contributed by atoms with Gasteiger partial charge in [0, 0.05) is 19.1 Å². The third kappa shape index (κ3) is 2.73. The van der Waals surface area contributed by atoms with Crippen molar-refractivity contribution >= 4 is 11.5 Å². The summed E-state index contributed by atoms with van der Waals surface area (Å²) in [5.74, 6) is 2.44. The highest BCUT2D eigenvalue weighted by molar-refractivity contribution is 5.67. The van der Waals surface area contributed by atoms with Crippen LogP contribution in [0.1, 0.15) is 37.4 Å². The number of aromatic nitrogens is 2. The first-order valence-corrected chi connectivity index (χ1v) is 6.85. The molecule has 0 aromatic carbocycles. The van der Waals surface area contributed by atoms with Crippen molar-refractivity contribution in [2.45, 2.75) is 37.7 Å². The van der Waals surface area contributed by atoms with Gasteiger partial charge in [0.15, 0.2) is 5.82 Å². The Morgan fingerprint density at radius 2 is 2.21 bits per heavy atom. The third-order valence-corrected chi connectivity index (χ3v) is 3.58. The molecule has 1 aliphatic carbocycles. The SMILES string of the molecule is COc1nc(C2CC2)nc(NCC2CCCO2)c1N. The van der Waals surface area contributed by atoms with Gasteiger partial charge >= 0.3 is 0 Å². The predicted octanol–water partition coefficient (Wildman–Crippen LogP) is 1.54. The summed E-state index contributed by atoms with van der Waals surface area (Å²) in [5.41, 5.74) is 6.49. The summed E-state index contributed by atoms with van der Waals surface area (Å²) < 4.78 is 10.8. The molecule has 0 spiro atoms. The van der Waals surface area contributed by atoms with E-state index in [0.29, 0.717) is 23.3 Å². The molecule has 2 fully saturated rings. The largest absolute Gasteiger partial charge is 0.479 e. The zero-order chi connectivity index (χ0) is 13.2. The van der Waals surface area contributed by atoms with Gasteiger partial charge in [-0.2, -0.15) is 4.98 Å². The molecule has 1 aromatic rings. The molecule has 1 saturated carbocycles. The smallest absolute Gasteiger partial charge is 0.242 e. The first kappa shape index (κ1) is 12.5. The molecule has 0 radical (unpaired) electrons. The number of hydrogen-bond acceptors (Lipinski definition) is 6. The van der Waals surface area contributed by atoms with Gasteiger partial charge in [-0.15, -0.1) is 0 Å². The summed E-state index contributed by atoms with van der Waals surface area (Å²) >= 11 is 0. The lowest BCUT2D eigenvalue weighted by Crippen LogP contribution is -2.20. The molecule has 1 aromatic heterocycles. The summed E-state index contributed by atoms with van der Waals surface area (Å²) in [7, 11) is 1.58. The van der Waals surface area contributed by atoms with E-state index in [9.17, 15) is 0 Å². The lowest BCUT2D eigenvalue weighted by molar-refractivity contribution is 0.120. The predicted molar refractivity (Wildman–Crippen MR) is 72.4 cm³/mol. The fourth-order valence-corrected chi connectivity index (χ4v) is 2.30. The Hall–Kier alpha value is -1.56. The number of nitrogens with two attached hydrogens (primary N) is 1. The Morgan fingerprint density at radius 1 is 1.37 bits per heavy atom. The Morgan fingerprint density at radius 3 is 2.84 bits per heavy atom. The third-order valence-electron chi connectivity index (χ3n) is 3.58. The second-order valence-electron chi connectivity index (χ2n) is 5.14. The summed E-state index contributed by atoms with van der Waals surface area (Å²) in [6.07, 6.45) is 4.77. The van der Waals surface area contributed by atoms with Crippen molar-refractivity contribution in [3.8, 4) is 5.88 Å². The molecule has 19 heavy (non-hydrogen) atoms. The average Bonchev–Trinajstić information content (AvgIpc) is 3.14. The Balaban J connectivity index is 1.75. The molecule has 1 atom stereocenters. The van der Waals surface area contributed by atoms with Gasteiger partial charge in [0.05, 0.1) is 13.2 Å². The number of hydrogen-bond donors (Lipinski definition) is 2. The summed E-state index contributed by atoms with van der Waals surface area (Å²) in [6, 6.07) is 0. The van der Waals surface area contributed by atoms with E-state index in [4.69, 9.17) is 15.2 Å². The summed E-state index contributed by atoms with van der Waals surface area (Å²) in [6.45, 7) is 1.58. The van der Waals surface area contributed by atoms with Crippen molar-refractivity contribution < 1.29 is 9.47 Å². The second kappa shape index (κ2) is 5.21. The van der Waals surface area contributed by atoms with Crippen LogP contribution in [0, 0.1) is 0 Å². The minimum absolute atomic E-state index is 0.254. The van der Waals surface area contributed by atoms with E-state index in [2.05, 4.69) is 15.3 Å². The number of nitrogen functional groups attached to an aromatic ring is 1. The van der Waals surface area contributed by atoms with E-state index in [-0.39, 0.29) is 6.10 Å². The molecule has 6 heteroatoms. The van der Waals surface area contributed by atoms with E-state index in [1.165, 1.54) is 0 Å². The highest BCUT2D eigenvalue weighted by Gasteiger charge is 2.29. The topological polar surface area (TPSA) is 82.3 Å². The molecule has 0 amide bonds. The van der Waals surface area contributed by atoms with Crippen molar-refractivity contribution in [1.82, 2.24) is 9.97 Å². The molecule has 3 rings (SSSR count). The van der Waals surface area contributed by atoms with Crippen LogP contribution in [0.15, 0.2) is 0 Å². The molecule has 2 aliphatic rings. The Kier molecular flexibility index (Phi) is 3.42. The van der Waals surface area contributed by atoms with Crippen molar-refractivity contribution in [3.63, 3.8) is 0 Å². The normalized spacial score (nSPS) is 22.5. The molecule has 0 bridgehead atoms. The van der Waals surface area contributed by atoms with Crippen LogP contribution in [0.25, 0.3) is 0 Å². The molecule has 3 N–H and O–H groups in total. The highest BCUT2D eigenvalue weighted by atomic mass is 16.5. The first-order chi connectivity index (χ1) is 9.28. The molecular formula is C13H20N4O2. The van der Waals surface area contributed by atoms with Crippen LogP contribution in [-0.2, 0) is 4.74 Å². The fraction of sp³-hybridized carbons (Fsp3) is 0.692. The maximum atomic E-state index is 6.01. The van der Waals surface area contributed by atoms with Crippen LogP contribution in [0.4, 0.5) is 11.5 Å². The lowest BCUT2D eigenvalue weighted by atomic mass is 10.2. The number of anilines is 2. The van der Waals surface area contributed by atoms with Crippen LogP contribution in [0.3, 0.4) is 0 Å². The van der Waals surface area contributed by atoms with Crippen LogP contribution < -0.4 is 15.8 Å². The van der Waals surface area contributed by atoms with E-state index in [1.54, 1.807) is 7.11 Å². The quantitative estimate of drug-likeness (QED) is 0.839. The van der Waals surface area contributed by atoms with Crippen LogP contribution >= 0.6 is 0 Å². The minimum atomic E-state index is 0.254. The van der Waals surface area contributed by atoms with Gasteiger partial charge in [-0.1, -0.05) is 0 Å². The number of nitrogens with zero attached hydrogens (tertiary/aromatic N) is 2. The number of ether oxygens (including phenoxy) is 2. The van der Waals surface area contributed by atoms with Gasteiger partial charge in [-0.05, 0) is 25.7 Å². The zero-order valence-corrected chi connectivity index (χ0v) is 11.2. The average molecular weight is 264 g/mol. The maximum absolute atomic E-state index is 6.01. The van der Waals surface area contributed by atoms with Gasteiger partial charge in [-0.3, -0.25) is 0 Å². The van der Waals surface area contributed by atoms with Crippen molar-refractivity contribution in [3.05, 3.63) is 5.82 Å². The van der Waals surface area contributed by atoms with E-state index >= 15 is 0 Å². The maximum Gasteiger partial charge on any atom is 0.242 e.